The molecule has 0 unspecified atom stereocenters. The van der Waals surface area contributed by atoms with Gasteiger partial charge < -0.3 is 9.30 Å². The normalized spacial score (nSPS) is 10.8. The fourth-order valence-corrected chi connectivity index (χ4v) is 2.39. The van der Waals surface area contributed by atoms with Gasteiger partial charge in [-0.05, 0) is 69.7 Å². The number of ether oxygens (including phenoxy) is 1. The summed E-state index contributed by atoms with van der Waals surface area (Å²) in [5.74, 6) is 0.587. The van der Waals surface area contributed by atoms with E-state index in [1.807, 2.05) is 51.1 Å². The maximum atomic E-state index is 12.4. The Bertz CT molecular complexity index is 727. The van der Waals surface area contributed by atoms with Crippen LogP contribution in [-0.4, -0.2) is 16.5 Å². The molecule has 22 heavy (non-hydrogen) atoms. The molecule has 0 saturated heterocycles. The molecular formula is C18H21NO3. The number of ketones is 1. The largest absolute Gasteiger partial charge is 0.491 e. The van der Waals surface area contributed by atoms with Crippen LogP contribution in [0.5, 0.6) is 5.75 Å². The zero-order valence-corrected chi connectivity index (χ0v) is 13.4. The van der Waals surface area contributed by atoms with Crippen LogP contribution >= 0.6 is 0 Å². The van der Waals surface area contributed by atoms with Gasteiger partial charge in [-0.3, -0.25) is 9.59 Å². The standard InChI is InChI=1S/C18H21NO3/c1-5-19-17(11-10-16(13(4)20)18(19)21)14-6-8-15(9-7-14)22-12(2)3/h6-12H,5H2,1-4H3. The molecule has 0 radical (unpaired) electrons. The lowest BCUT2D eigenvalue weighted by Crippen LogP contribution is -2.26. The van der Waals surface area contributed by atoms with Crippen molar-refractivity contribution in [3.8, 4) is 17.0 Å². The predicted octanol–water partition coefficient (Wildman–Crippen LogP) is 3.53. The highest BCUT2D eigenvalue weighted by Gasteiger charge is 2.12. The summed E-state index contributed by atoms with van der Waals surface area (Å²) in [6.07, 6.45) is 0.120. The smallest absolute Gasteiger partial charge is 0.261 e. The van der Waals surface area contributed by atoms with Gasteiger partial charge in [-0.1, -0.05) is 0 Å². The molecule has 4 nitrogen and oxygen atoms in total. The number of nitrogens with zero attached hydrogens (tertiary/aromatic N) is 1. The number of hydrogen-bond acceptors (Lipinski definition) is 3. The molecule has 0 N–H and O–H groups in total. The Labute approximate surface area is 130 Å². The second kappa shape index (κ2) is 6.60. The van der Waals surface area contributed by atoms with Crippen LogP contribution in [0, 0.1) is 0 Å². The molecule has 0 aliphatic rings. The Morgan fingerprint density at radius 3 is 2.27 bits per heavy atom. The average molecular weight is 299 g/mol. The van der Waals surface area contributed by atoms with Crippen molar-refractivity contribution in [1.29, 1.82) is 0 Å². The number of carbonyl (C=O) groups is 1. The van der Waals surface area contributed by atoms with Crippen molar-refractivity contribution < 1.29 is 9.53 Å². The van der Waals surface area contributed by atoms with Crippen molar-refractivity contribution >= 4 is 5.78 Å². The van der Waals surface area contributed by atoms with E-state index in [1.54, 1.807) is 10.6 Å². The first-order valence-electron chi connectivity index (χ1n) is 7.46. The molecule has 4 heteroatoms. The zero-order chi connectivity index (χ0) is 16.3. The molecule has 0 bridgehead atoms. The molecule has 0 spiro atoms. The third-order valence-corrected chi connectivity index (χ3v) is 3.39. The number of Topliss-reactive ketones (excluding diaryl/α,β-unsaturated/α-hetero) is 1. The van der Waals surface area contributed by atoms with E-state index in [-0.39, 0.29) is 23.0 Å². The Morgan fingerprint density at radius 1 is 1.14 bits per heavy atom. The summed E-state index contributed by atoms with van der Waals surface area (Å²) in [6, 6.07) is 11.0. The molecule has 116 valence electrons. The second-order valence-electron chi connectivity index (χ2n) is 5.43. The Balaban J connectivity index is 2.46. The van der Waals surface area contributed by atoms with Crippen LogP contribution in [-0.2, 0) is 6.54 Å². The predicted molar refractivity (Wildman–Crippen MR) is 87.6 cm³/mol. The van der Waals surface area contributed by atoms with E-state index in [0.717, 1.165) is 17.0 Å². The first-order chi connectivity index (χ1) is 10.4. The van der Waals surface area contributed by atoms with Gasteiger partial charge in [0, 0.05) is 6.54 Å². The van der Waals surface area contributed by atoms with Crippen LogP contribution in [0.4, 0.5) is 0 Å². The van der Waals surface area contributed by atoms with Gasteiger partial charge in [0.2, 0.25) is 0 Å². The van der Waals surface area contributed by atoms with Crippen LogP contribution in [0.2, 0.25) is 0 Å². The fraction of sp³-hybridized carbons (Fsp3) is 0.333. The molecule has 0 atom stereocenters. The average Bonchev–Trinajstić information content (AvgIpc) is 2.46. The monoisotopic (exact) mass is 299 g/mol. The lowest BCUT2D eigenvalue weighted by atomic mass is 10.1. The van der Waals surface area contributed by atoms with E-state index in [0.29, 0.717) is 6.54 Å². The number of pyridine rings is 1. The summed E-state index contributed by atoms with van der Waals surface area (Å²) in [4.78, 5) is 23.9. The molecule has 0 aliphatic carbocycles. The van der Waals surface area contributed by atoms with Gasteiger partial charge in [0.25, 0.3) is 5.56 Å². The van der Waals surface area contributed by atoms with Crippen LogP contribution in [0.15, 0.2) is 41.2 Å². The SMILES string of the molecule is CCn1c(-c2ccc(OC(C)C)cc2)ccc(C(C)=O)c1=O. The molecule has 0 saturated carbocycles. The zero-order valence-electron chi connectivity index (χ0n) is 13.4. The van der Waals surface area contributed by atoms with Crippen LogP contribution in [0.3, 0.4) is 0 Å². The van der Waals surface area contributed by atoms with E-state index in [9.17, 15) is 9.59 Å². The highest BCUT2D eigenvalue weighted by atomic mass is 16.5. The number of hydrogen-bond donors (Lipinski definition) is 0. The van der Waals surface area contributed by atoms with E-state index < -0.39 is 0 Å². The summed E-state index contributed by atoms with van der Waals surface area (Å²) in [5.41, 5.74) is 1.71. The van der Waals surface area contributed by atoms with Crippen molar-refractivity contribution in [3.05, 3.63) is 52.3 Å². The number of aromatic nitrogens is 1. The fourth-order valence-electron chi connectivity index (χ4n) is 2.39. The third-order valence-electron chi connectivity index (χ3n) is 3.39. The summed E-state index contributed by atoms with van der Waals surface area (Å²) in [7, 11) is 0. The maximum Gasteiger partial charge on any atom is 0.261 e. The van der Waals surface area contributed by atoms with Gasteiger partial charge in [-0.25, -0.2) is 0 Å². The van der Waals surface area contributed by atoms with Crippen molar-refractivity contribution in [3.63, 3.8) is 0 Å². The van der Waals surface area contributed by atoms with Crippen LogP contribution in [0.25, 0.3) is 11.3 Å². The third kappa shape index (κ3) is 3.27. The molecular weight excluding hydrogens is 278 g/mol. The van der Waals surface area contributed by atoms with Crippen molar-refractivity contribution in [1.82, 2.24) is 4.57 Å². The van der Waals surface area contributed by atoms with Gasteiger partial charge >= 0.3 is 0 Å². The molecule has 2 rings (SSSR count). The molecule has 0 amide bonds. The minimum Gasteiger partial charge on any atom is -0.491 e. The highest BCUT2D eigenvalue weighted by Crippen LogP contribution is 2.22. The van der Waals surface area contributed by atoms with Gasteiger partial charge in [0.15, 0.2) is 5.78 Å². The Hall–Kier alpha value is -2.36. The molecule has 2 aromatic rings. The van der Waals surface area contributed by atoms with Crippen LogP contribution < -0.4 is 10.3 Å². The second-order valence-corrected chi connectivity index (χ2v) is 5.43. The number of benzene rings is 1. The van der Waals surface area contributed by atoms with E-state index in [4.69, 9.17) is 4.74 Å². The van der Waals surface area contributed by atoms with Crippen molar-refractivity contribution in [2.24, 2.45) is 0 Å². The first-order valence-corrected chi connectivity index (χ1v) is 7.46. The van der Waals surface area contributed by atoms with Gasteiger partial charge in [0.05, 0.1) is 17.4 Å². The molecule has 1 aromatic heterocycles. The lowest BCUT2D eigenvalue weighted by molar-refractivity contribution is 0.101. The van der Waals surface area contributed by atoms with Gasteiger partial charge in [-0.15, -0.1) is 0 Å². The molecule has 1 heterocycles. The first kappa shape index (κ1) is 16.0. The Morgan fingerprint density at radius 2 is 1.77 bits per heavy atom. The van der Waals surface area contributed by atoms with E-state index in [1.165, 1.54) is 6.92 Å². The van der Waals surface area contributed by atoms with Crippen molar-refractivity contribution in [2.75, 3.05) is 0 Å². The molecule has 1 aromatic carbocycles. The minimum absolute atomic E-state index is 0.120. The summed E-state index contributed by atoms with van der Waals surface area (Å²) in [6.45, 7) is 7.77. The van der Waals surface area contributed by atoms with E-state index in [2.05, 4.69) is 0 Å². The van der Waals surface area contributed by atoms with E-state index >= 15 is 0 Å². The van der Waals surface area contributed by atoms with Gasteiger partial charge in [-0.2, -0.15) is 0 Å². The lowest BCUT2D eigenvalue weighted by Gasteiger charge is -2.14. The maximum absolute atomic E-state index is 12.4. The number of carbonyl (C=O) groups excluding carboxylic acids is 1. The molecule has 0 fully saturated rings. The quantitative estimate of drug-likeness (QED) is 0.794. The topological polar surface area (TPSA) is 48.3 Å². The van der Waals surface area contributed by atoms with Crippen LogP contribution in [0.1, 0.15) is 38.1 Å². The summed E-state index contributed by atoms with van der Waals surface area (Å²) in [5, 5.41) is 0. The van der Waals surface area contributed by atoms with Gasteiger partial charge in [0.1, 0.15) is 5.75 Å². The Kier molecular flexibility index (Phi) is 4.81. The van der Waals surface area contributed by atoms with Crippen molar-refractivity contribution in [2.45, 2.75) is 40.3 Å². The molecule has 0 aliphatic heterocycles. The summed E-state index contributed by atoms with van der Waals surface area (Å²) < 4.78 is 7.24. The highest BCUT2D eigenvalue weighted by molar-refractivity contribution is 5.94. The summed E-state index contributed by atoms with van der Waals surface area (Å²) >= 11 is 0. The number of rotatable bonds is 5. The minimum atomic E-state index is -0.241.